The third-order valence-electron chi connectivity index (χ3n) is 5.43. The monoisotopic (exact) mass is 377 g/mol. The van der Waals surface area contributed by atoms with Crippen LogP contribution in [0.25, 0.3) is 0 Å². The normalized spacial score (nSPS) is 19.7. The molecule has 2 aromatic rings. The van der Waals surface area contributed by atoms with Crippen LogP contribution in [0.3, 0.4) is 0 Å². The maximum atomic E-state index is 12.4. The number of likely N-dealkylation sites (tertiary alicyclic amines) is 1. The summed E-state index contributed by atoms with van der Waals surface area (Å²) in [5.74, 6) is -0.157. The predicted octanol–water partition coefficient (Wildman–Crippen LogP) is 3.81. The number of oxime groups is 1. The van der Waals surface area contributed by atoms with Gasteiger partial charge < -0.3 is 10.2 Å². The van der Waals surface area contributed by atoms with Gasteiger partial charge in [0.25, 0.3) is 5.91 Å². The maximum absolute atomic E-state index is 12.4. The number of nitrogens with zero attached hydrogens (tertiary/aromatic N) is 2. The van der Waals surface area contributed by atoms with Gasteiger partial charge in [-0.05, 0) is 42.6 Å². The van der Waals surface area contributed by atoms with Crippen LogP contribution in [0.5, 0.6) is 0 Å². The zero-order valence-corrected chi connectivity index (χ0v) is 16.1. The van der Waals surface area contributed by atoms with Crippen molar-refractivity contribution in [3.8, 4) is 0 Å². The molecule has 2 aromatic carbocycles. The maximum Gasteiger partial charge on any atom is 0.269 e. The molecule has 0 saturated carbocycles. The Hall–Kier alpha value is -2.66. The van der Waals surface area contributed by atoms with Gasteiger partial charge in [-0.1, -0.05) is 66.2 Å². The third kappa shape index (κ3) is 4.78. The molecule has 2 aliphatic rings. The Bertz CT molecular complexity index is 812. The van der Waals surface area contributed by atoms with Gasteiger partial charge in [-0.25, -0.2) is 0 Å². The highest BCUT2D eigenvalue weighted by Gasteiger charge is 2.27. The Kier molecular flexibility index (Phi) is 6.02. The topological polar surface area (TPSA) is 53.9 Å². The minimum absolute atomic E-state index is 0.157. The molecule has 1 atom stereocenters. The summed E-state index contributed by atoms with van der Waals surface area (Å²) in [6.45, 7) is 3.91. The van der Waals surface area contributed by atoms with Crippen molar-refractivity contribution in [3.63, 3.8) is 0 Å². The van der Waals surface area contributed by atoms with Crippen LogP contribution in [0.2, 0.25) is 0 Å². The number of rotatable bonds is 6. The van der Waals surface area contributed by atoms with Gasteiger partial charge in [0.2, 0.25) is 0 Å². The van der Waals surface area contributed by atoms with Crippen LogP contribution in [0.15, 0.2) is 59.8 Å². The average molecular weight is 377 g/mol. The van der Waals surface area contributed by atoms with Crippen molar-refractivity contribution >= 4 is 11.6 Å². The second-order valence-electron chi connectivity index (χ2n) is 7.58. The molecule has 2 aliphatic heterocycles. The molecule has 2 heterocycles. The van der Waals surface area contributed by atoms with E-state index in [-0.39, 0.29) is 12.0 Å². The van der Waals surface area contributed by atoms with Gasteiger partial charge in [0.15, 0.2) is 6.10 Å². The first kappa shape index (κ1) is 18.7. The molecular formula is C23H27N3O2. The lowest BCUT2D eigenvalue weighted by molar-refractivity contribution is -0.115. The van der Waals surface area contributed by atoms with Gasteiger partial charge in [0.05, 0.1) is 0 Å². The Morgan fingerprint density at radius 2 is 1.71 bits per heavy atom. The number of hydrogen-bond acceptors (Lipinski definition) is 4. The molecule has 4 rings (SSSR count). The molecule has 0 aliphatic carbocycles. The summed E-state index contributed by atoms with van der Waals surface area (Å²) in [5, 5.41) is 6.94. The highest BCUT2D eigenvalue weighted by Crippen LogP contribution is 2.26. The highest BCUT2D eigenvalue weighted by molar-refractivity contribution is 6.39. The fraction of sp³-hybridized carbons (Fsp3) is 0.391. The summed E-state index contributed by atoms with van der Waals surface area (Å²) in [4.78, 5) is 20.3. The van der Waals surface area contributed by atoms with E-state index in [2.05, 4.69) is 39.6 Å². The molecule has 5 nitrogen and oxygen atoms in total. The summed E-state index contributed by atoms with van der Waals surface area (Å²) in [7, 11) is 0. The van der Waals surface area contributed by atoms with Gasteiger partial charge >= 0.3 is 0 Å². The van der Waals surface area contributed by atoms with Crippen LogP contribution >= 0.6 is 0 Å². The molecule has 1 unspecified atom stereocenters. The van der Waals surface area contributed by atoms with Crippen LogP contribution < -0.4 is 5.32 Å². The number of carbonyl (C=O) groups excluding carboxylic acids is 1. The van der Waals surface area contributed by atoms with E-state index in [0.717, 1.165) is 17.7 Å². The van der Waals surface area contributed by atoms with E-state index in [4.69, 9.17) is 4.84 Å². The van der Waals surface area contributed by atoms with Gasteiger partial charge in [-0.15, -0.1) is 0 Å². The zero-order valence-electron chi connectivity index (χ0n) is 16.1. The van der Waals surface area contributed by atoms with Crippen molar-refractivity contribution < 1.29 is 9.63 Å². The largest absolute Gasteiger partial charge is 0.387 e. The van der Waals surface area contributed by atoms with Crippen molar-refractivity contribution in [1.29, 1.82) is 0 Å². The van der Waals surface area contributed by atoms with Crippen LogP contribution in [-0.2, 0) is 22.7 Å². The number of carbonyl (C=O) groups is 1. The van der Waals surface area contributed by atoms with Crippen LogP contribution in [0, 0.1) is 0 Å². The Morgan fingerprint density at radius 3 is 2.46 bits per heavy atom. The minimum Gasteiger partial charge on any atom is -0.387 e. The molecule has 0 bridgehead atoms. The molecule has 1 N–H and O–H groups in total. The molecule has 1 fully saturated rings. The van der Waals surface area contributed by atoms with Gasteiger partial charge in [0.1, 0.15) is 5.71 Å². The lowest BCUT2D eigenvalue weighted by Gasteiger charge is -2.26. The first-order valence-electron chi connectivity index (χ1n) is 10.1. The summed E-state index contributed by atoms with van der Waals surface area (Å²) in [6, 6.07) is 18.4. The number of hydrogen-bond donors (Lipinski definition) is 1. The molecule has 5 heteroatoms. The van der Waals surface area contributed by atoms with E-state index in [0.29, 0.717) is 18.7 Å². The molecular weight excluding hydrogens is 350 g/mol. The third-order valence-corrected chi connectivity index (χ3v) is 5.43. The minimum atomic E-state index is -0.170. The Labute approximate surface area is 166 Å². The lowest BCUT2D eigenvalue weighted by atomic mass is 10.0. The molecule has 28 heavy (non-hydrogen) atoms. The fourth-order valence-electron chi connectivity index (χ4n) is 3.78. The summed E-state index contributed by atoms with van der Waals surface area (Å²) in [6.07, 6.45) is 4.31. The van der Waals surface area contributed by atoms with E-state index >= 15 is 0 Å². The van der Waals surface area contributed by atoms with Crippen molar-refractivity contribution in [2.75, 3.05) is 13.1 Å². The Balaban J connectivity index is 1.24. The highest BCUT2D eigenvalue weighted by atomic mass is 16.6. The van der Waals surface area contributed by atoms with Crippen LogP contribution in [0.1, 0.15) is 48.5 Å². The van der Waals surface area contributed by atoms with E-state index in [1.54, 1.807) is 0 Å². The molecule has 0 radical (unpaired) electrons. The van der Waals surface area contributed by atoms with E-state index in [1.807, 2.05) is 30.3 Å². The van der Waals surface area contributed by atoms with E-state index in [1.165, 1.54) is 37.9 Å². The molecule has 146 valence electrons. The second kappa shape index (κ2) is 9.02. The van der Waals surface area contributed by atoms with E-state index < -0.39 is 0 Å². The number of benzene rings is 2. The molecule has 1 saturated heterocycles. The average Bonchev–Trinajstić information content (AvgIpc) is 3.25. The fourth-order valence-corrected chi connectivity index (χ4v) is 3.78. The summed E-state index contributed by atoms with van der Waals surface area (Å²) < 4.78 is 0. The van der Waals surface area contributed by atoms with E-state index in [9.17, 15) is 4.79 Å². The zero-order chi connectivity index (χ0) is 19.2. The number of piperidine rings is 1. The second-order valence-corrected chi connectivity index (χ2v) is 7.58. The van der Waals surface area contributed by atoms with Crippen molar-refractivity contribution in [3.05, 3.63) is 71.3 Å². The first-order valence-corrected chi connectivity index (χ1v) is 10.1. The summed E-state index contributed by atoms with van der Waals surface area (Å²) >= 11 is 0. The quantitative estimate of drug-likeness (QED) is 0.833. The molecule has 0 aromatic heterocycles. The predicted molar refractivity (Wildman–Crippen MR) is 110 cm³/mol. The van der Waals surface area contributed by atoms with Crippen molar-refractivity contribution in [2.45, 2.75) is 44.9 Å². The number of nitrogens with one attached hydrogen (secondary N) is 1. The Morgan fingerprint density at radius 1 is 1.00 bits per heavy atom. The number of amides is 1. The SMILES string of the molecule is O=C(NCc1ccc(CN2CCCCC2)cc1)C1=NOC(c2ccccc2)C1. The smallest absolute Gasteiger partial charge is 0.269 e. The summed E-state index contributed by atoms with van der Waals surface area (Å²) in [5.41, 5.74) is 3.92. The van der Waals surface area contributed by atoms with Crippen molar-refractivity contribution in [2.24, 2.45) is 5.16 Å². The first-order chi connectivity index (χ1) is 13.8. The van der Waals surface area contributed by atoms with Crippen LogP contribution in [-0.4, -0.2) is 29.6 Å². The molecule has 1 amide bonds. The van der Waals surface area contributed by atoms with Crippen LogP contribution in [0.4, 0.5) is 0 Å². The van der Waals surface area contributed by atoms with Gasteiger partial charge in [-0.2, -0.15) is 0 Å². The molecule has 0 spiro atoms. The standard InChI is InChI=1S/C23H27N3O2/c27-23(21-15-22(28-25-21)20-7-3-1-4-8-20)24-16-18-9-11-19(12-10-18)17-26-13-5-2-6-14-26/h1,3-4,7-12,22H,2,5-6,13-17H2,(H,24,27). The lowest BCUT2D eigenvalue weighted by Crippen LogP contribution is -2.30. The van der Waals surface area contributed by atoms with Gasteiger partial charge in [0, 0.05) is 19.5 Å². The van der Waals surface area contributed by atoms with Crippen molar-refractivity contribution in [1.82, 2.24) is 10.2 Å². The van der Waals surface area contributed by atoms with Gasteiger partial charge in [-0.3, -0.25) is 9.69 Å².